The molecular weight excluding hydrogens is 360 g/mol. The van der Waals surface area contributed by atoms with E-state index in [1.165, 1.54) is 0 Å². The minimum absolute atomic E-state index is 0.174. The highest BCUT2D eigenvalue weighted by Gasteiger charge is 2.18. The van der Waals surface area contributed by atoms with Crippen LogP contribution >= 0.6 is 15.9 Å². The van der Waals surface area contributed by atoms with Gasteiger partial charge in [-0.3, -0.25) is 4.79 Å². The minimum atomic E-state index is -0.174. The van der Waals surface area contributed by atoms with Crippen molar-refractivity contribution in [3.8, 4) is 0 Å². The van der Waals surface area contributed by atoms with Gasteiger partial charge in [0, 0.05) is 36.7 Å². The topological polar surface area (TPSA) is 84.4 Å². The van der Waals surface area contributed by atoms with E-state index in [0.29, 0.717) is 26.8 Å². The number of piperazine rings is 1. The van der Waals surface area contributed by atoms with Crippen LogP contribution in [0.5, 0.6) is 0 Å². The van der Waals surface area contributed by atoms with Crippen molar-refractivity contribution >= 4 is 49.5 Å². The second-order valence-electron chi connectivity index (χ2n) is 5.52. The lowest BCUT2D eigenvalue weighted by molar-refractivity contribution is 0.588. The molecule has 3 heterocycles. The van der Waals surface area contributed by atoms with Crippen LogP contribution in [0.4, 0.5) is 11.5 Å². The molecule has 1 fully saturated rings. The molecule has 0 saturated carbocycles. The van der Waals surface area contributed by atoms with Crippen molar-refractivity contribution < 1.29 is 4.42 Å². The van der Waals surface area contributed by atoms with Gasteiger partial charge in [0.2, 0.25) is 5.43 Å². The molecule has 3 N–H and O–H groups in total. The fraction of sp³-hybridized carbons (Fsp3) is 0.250. The molecule has 118 valence electrons. The highest BCUT2D eigenvalue weighted by atomic mass is 79.9. The number of nitrogens with two attached hydrogens (primary N) is 1. The third-order valence-corrected chi connectivity index (χ3v) is 4.75. The Labute approximate surface area is 140 Å². The highest BCUT2D eigenvalue weighted by molar-refractivity contribution is 9.10. The van der Waals surface area contributed by atoms with Gasteiger partial charge in [-0.25, -0.2) is 4.98 Å². The van der Waals surface area contributed by atoms with Crippen molar-refractivity contribution in [1.29, 1.82) is 0 Å². The van der Waals surface area contributed by atoms with Gasteiger partial charge >= 0.3 is 0 Å². The van der Waals surface area contributed by atoms with Crippen molar-refractivity contribution in [3.63, 3.8) is 0 Å². The smallest absolute Gasteiger partial charge is 0.220 e. The second-order valence-corrected chi connectivity index (χ2v) is 6.38. The molecule has 2 aromatic heterocycles. The van der Waals surface area contributed by atoms with Gasteiger partial charge in [-0.05, 0) is 28.1 Å². The quantitative estimate of drug-likeness (QED) is 0.634. The number of pyridine rings is 1. The number of aromatic nitrogens is 1. The maximum Gasteiger partial charge on any atom is 0.220 e. The van der Waals surface area contributed by atoms with Gasteiger partial charge in [-0.1, -0.05) is 6.07 Å². The number of anilines is 2. The fourth-order valence-electron chi connectivity index (χ4n) is 2.95. The van der Waals surface area contributed by atoms with Gasteiger partial charge in [0.05, 0.1) is 11.1 Å². The lowest BCUT2D eigenvalue weighted by atomic mass is 10.2. The highest BCUT2D eigenvalue weighted by Crippen LogP contribution is 2.29. The Balaban J connectivity index is 1.98. The van der Waals surface area contributed by atoms with E-state index in [2.05, 4.69) is 31.1 Å². The third kappa shape index (κ3) is 2.36. The summed E-state index contributed by atoms with van der Waals surface area (Å²) in [5.74, 6) is 0.359. The van der Waals surface area contributed by atoms with Crippen molar-refractivity contribution in [3.05, 3.63) is 39.0 Å². The summed E-state index contributed by atoms with van der Waals surface area (Å²) in [6, 6.07) is 7.25. The molecule has 0 amide bonds. The zero-order chi connectivity index (χ0) is 16.0. The molecule has 1 aliphatic rings. The van der Waals surface area contributed by atoms with Crippen LogP contribution in [0.25, 0.3) is 22.1 Å². The molecule has 3 aromatic rings. The van der Waals surface area contributed by atoms with Crippen molar-refractivity contribution in [2.24, 2.45) is 0 Å². The van der Waals surface area contributed by atoms with E-state index in [-0.39, 0.29) is 10.9 Å². The third-order valence-electron chi connectivity index (χ3n) is 4.09. The van der Waals surface area contributed by atoms with Crippen LogP contribution in [0.2, 0.25) is 0 Å². The zero-order valence-electron chi connectivity index (χ0n) is 12.3. The summed E-state index contributed by atoms with van der Waals surface area (Å²) < 4.78 is 6.60. The fourth-order valence-corrected chi connectivity index (χ4v) is 3.47. The van der Waals surface area contributed by atoms with Gasteiger partial charge in [-0.2, -0.15) is 0 Å². The number of nitrogens with one attached hydrogen (secondary N) is 1. The Bertz CT molecular complexity index is 964. The number of hydrogen-bond donors (Lipinski definition) is 2. The Kier molecular flexibility index (Phi) is 3.46. The van der Waals surface area contributed by atoms with E-state index in [4.69, 9.17) is 10.2 Å². The van der Waals surface area contributed by atoms with Crippen LogP contribution in [0.1, 0.15) is 0 Å². The molecular formula is C16H15BrN4O2. The summed E-state index contributed by atoms with van der Waals surface area (Å²) in [7, 11) is 0. The first kappa shape index (κ1) is 14.5. The molecule has 4 rings (SSSR count). The Morgan fingerprint density at radius 3 is 2.83 bits per heavy atom. The number of fused-ring (bicyclic) bond motifs is 2. The summed E-state index contributed by atoms with van der Waals surface area (Å²) in [4.78, 5) is 19.2. The number of halogens is 1. The van der Waals surface area contributed by atoms with Gasteiger partial charge in [0.25, 0.3) is 0 Å². The molecule has 1 aliphatic heterocycles. The number of benzene rings is 1. The lowest BCUT2D eigenvalue weighted by Crippen LogP contribution is -2.43. The van der Waals surface area contributed by atoms with E-state index in [1.807, 2.05) is 18.2 Å². The summed E-state index contributed by atoms with van der Waals surface area (Å²) in [6.07, 6.45) is 0. The van der Waals surface area contributed by atoms with E-state index < -0.39 is 0 Å². The number of nitrogens with zero attached hydrogens (tertiary/aromatic N) is 2. The van der Waals surface area contributed by atoms with Crippen LogP contribution in [-0.4, -0.2) is 31.2 Å². The molecule has 0 unspecified atom stereocenters. The molecule has 0 aliphatic carbocycles. The Morgan fingerprint density at radius 1 is 1.26 bits per heavy atom. The van der Waals surface area contributed by atoms with E-state index in [9.17, 15) is 4.79 Å². The predicted octanol–water partition coefficient (Wildman–Crippen LogP) is 2.10. The maximum atomic E-state index is 12.7. The van der Waals surface area contributed by atoms with Gasteiger partial charge < -0.3 is 20.4 Å². The second kappa shape index (κ2) is 5.50. The van der Waals surface area contributed by atoms with Crippen LogP contribution in [-0.2, 0) is 0 Å². The first-order valence-electron chi connectivity index (χ1n) is 7.42. The average molecular weight is 375 g/mol. The molecule has 0 atom stereocenters. The molecule has 1 saturated heterocycles. The standard InChI is InChI=1S/C16H15BrN4O2/c17-9-2-1-3-11-13(9)15(22)14-12(23-11)8-10(16(18)20-14)21-6-4-19-5-7-21/h1-3,8,19H,4-7H2,(H2,18,20). The van der Waals surface area contributed by atoms with Gasteiger partial charge in [0.15, 0.2) is 11.1 Å². The SMILES string of the molecule is Nc1nc2c(=O)c3c(Br)cccc3oc2cc1N1CCNCC1. The summed E-state index contributed by atoms with van der Waals surface area (Å²) in [6.45, 7) is 3.49. The van der Waals surface area contributed by atoms with Gasteiger partial charge in [0.1, 0.15) is 11.4 Å². The van der Waals surface area contributed by atoms with Crippen LogP contribution in [0, 0.1) is 0 Å². The van der Waals surface area contributed by atoms with Crippen molar-refractivity contribution in [1.82, 2.24) is 10.3 Å². The van der Waals surface area contributed by atoms with Crippen LogP contribution in [0.15, 0.2) is 37.9 Å². The largest absolute Gasteiger partial charge is 0.454 e. The Hall–Kier alpha value is -2.12. The molecule has 6 nitrogen and oxygen atoms in total. The average Bonchev–Trinajstić information content (AvgIpc) is 2.56. The molecule has 0 bridgehead atoms. The summed E-state index contributed by atoms with van der Waals surface area (Å²) in [5, 5.41) is 3.79. The summed E-state index contributed by atoms with van der Waals surface area (Å²) >= 11 is 3.39. The Morgan fingerprint density at radius 2 is 2.04 bits per heavy atom. The number of nitrogen functional groups attached to an aromatic ring is 1. The van der Waals surface area contributed by atoms with E-state index in [1.54, 1.807) is 6.07 Å². The molecule has 0 radical (unpaired) electrons. The van der Waals surface area contributed by atoms with Crippen LogP contribution in [0.3, 0.4) is 0 Å². The van der Waals surface area contributed by atoms with Crippen molar-refractivity contribution in [2.45, 2.75) is 0 Å². The molecule has 0 spiro atoms. The molecule has 1 aromatic carbocycles. The van der Waals surface area contributed by atoms with Crippen LogP contribution < -0.4 is 21.4 Å². The number of hydrogen-bond acceptors (Lipinski definition) is 6. The van der Waals surface area contributed by atoms with Gasteiger partial charge in [-0.15, -0.1) is 0 Å². The lowest BCUT2D eigenvalue weighted by Gasteiger charge is -2.29. The summed E-state index contributed by atoms with van der Waals surface area (Å²) in [5.41, 5.74) is 8.01. The number of rotatable bonds is 1. The normalized spacial score (nSPS) is 15.4. The maximum absolute atomic E-state index is 12.7. The van der Waals surface area contributed by atoms with E-state index in [0.717, 1.165) is 31.9 Å². The van der Waals surface area contributed by atoms with E-state index >= 15 is 0 Å². The first-order valence-corrected chi connectivity index (χ1v) is 8.21. The molecule has 23 heavy (non-hydrogen) atoms. The zero-order valence-corrected chi connectivity index (χ0v) is 13.9. The monoisotopic (exact) mass is 374 g/mol. The first-order chi connectivity index (χ1) is 11.1. The minimum Gasteiger partial charge on any atom is -0.454 e. The predicted molar refractivity (Wildman–Crippen MR) is 95.0 cm³/mol. The van der Waals surface area contributed by atoms with Crippen molar-refractivity contribution in [2.75, 3.05) is 36.8 Å². The molecule has 7 heteroatoms.